The van der Waals surface area contributed by atoms with Crippen LogP contribution in [0.1, 0.15) is 6.92 Å². The van der Waals surface area contributed by atoms with Crippen LogP contribution in [0.25, 0.3) is 0 Å². The molecule has 0 atom stereocenters. The van der Waals surface area contributed by atoms with E-state index < -0.39 is 0 Å². The highest BCUT2D eigenvalue weighted by Crippen LogP contribution is 2.36. The van der Waals surface area contributed by atoms with Gasteiger partial charge >= 0.3 is 0 Å². The average Bonchev–Trinajstić information content (AvgIpc) is 1.84. The molecule has 1 aliphatic rings. The summed E-state index contributed by atoms with van der Waals surface area (Å²) in [6.07, 6.45) is 0. The lowest BCUT2D eigenvalue weighted by Gasteiger charge is -2.10. The molecule has 0 radical (unpaired) electrons. The lowest BCUT2D eigenvalue weighted by Crippen LogP contribution is -2.25. The van der Waals surface area contributed by atoms with E-state index in [-0.39, 0.29) is 5.60 Å². The van der Waals surface area contributed by atoms with Crippen LogP contribution in [0.5, 0.6) is 0 Å². The van der Waals surface area contributed by atoms with Gasteiger partial charge in [-0.25, -0.2) is 0 Å². The van der Waals surface area contributed by atoms with Crippen LogP contribution in [0.4, 0.5) is 0 Å². The van der Waals surface area contributed by atoms with E-state index in [2.05, 4.69) is 0 Å². The number of rotatable bonds is 0. The van der Waals surface area contributed by atoms with Crippen molar-refractivity contribution in [2.75, 3.05) is 11.5 Å². The maximum Gasteiger partial charge on any atom is 0.0816 e. The molecule has 1 N–H and O–H groups in total. The second-order valence-corrected chi connectivity index (χ2v) is 4.48. The van der Waals surface area contributed by atoms with Gasteiger partial charge in [0.15, 0.2) is 0 Å². The van der Waals surface area contributed by atoms with Crippen molar-refractivity contribution in [2.45, 2.75) is 12.5 Å². The molecule has 0 aromatic carbocycles. The molecular weight excluding hydrogens is 128 g/mol. The fraction of sp³-hybridized carbons (Fsp3) is 1.00. The van der Waals surface area contributed by atoms with Gasteiger partial charge in [-0.15, -0.1) is 0 Å². The topological polar surface area (TPSA) is 20.2 Å². The predicted molar refractivity (Wildman–Crippen MR) is 35.5 cm³/mol. The van der Waals surface area contributed by atoms with E-state index in [9.17, 15) is 0 Å². The Balaban J connectivity index is 2.40. The number of aliphatic hydroxyl groups is 1. The standard InChI is InChI=1S/C4H8OS2/c1-4(5)2-6-7-3-4/h5H,2-3H2,1H3. The normalized spacial score (nSPS) is 28.3. The molecule has 1 saturated heterocycles. The van der Waals surface area contributed by atoms with Gasteiger partial charge < -0.3 is 5.11 Å². The second kappa shape index (κ2) is 1.88. The summed E-state index contributed by atoms with van der Waals surface area (Å²) in [7, 11) is 3.50. The van der Waals surface area contributed by atoms with Crippen LogP contribution in [0.15, 0.2) is 0 Å². The van der Waals surface area contributed by atoms with Crippen molar-refractivity contribution in [3.63, 3.8) is 0 Å². The minimum absolute atomic E-state index is 0.380. The van der Waals surface area contributed by atoms with Crippen molar-refractivity contribution >= 4 is 21.6 Å². The fourth-order valence-electron chi connectivity index (χ4n) is 0.379. The third kappa shape index (κ3) is 1.55. The largest absolute Gasteiger partial charge is 0.388 e. The predicted octanol–water partition coefficient (Wildman–Crippen LogP) is 1.13. The van der Waals surface area contributed by atoms with E-state index in [4.69, 9.17) is 5.11 Å². The van der Waals surface area contributed by atoms with Crippen molar-refractivity contribution in [1.82, 2.24) is 0 Å². The van der Waals surface area contributed by atoms with Crippen molar-refractivity contribution in [2.24, 2.45) is 0 Å². The van der Waals surface area contributed by atoms with Gasteiger partial charge in [0.1, 0.15) is 0 Å². The molecule has 7 heavy (non-hydrogen) atoms. The Morgan fingerprint density at radius 1 is 1.43 bits per heavy atom. The second-order valence-electron chi connectivity index (χ2n) is 2.02. The Bertz CT molecular complexity index is 64.1. The molecule has 0 unspecified atom stereocenters. The molecule has 1 nitrogen and oxygen atoms in total. The summed E-state index contributed by atoms with van der Waals surface area (Å²) >= 11 is 0. The summed E-state index contributed by atoms with van der Waals surface area (Å²) in [5.74, 6) is 1.77. The molecule has 1 aliphatic heterocycles. The van der Waals surface area contributed by atoms with E-state index in [1.54, 1.807) is 21.6 Å². The van der Waals surface area contributed by atoms with Crippen LogP contribution >= 0.6 is 21.6 Å². The molecule has 0 saturated carbocycles. The van der Waals surface area contributed by atoms with Gasteiger partial charge in [0.25, 0.3) is 0 Å². The highest BCUT2D eigenvalue weighted by molar-refractivity contribution is 8.77. The molecule has 42 valence electrons. The van der Waals surface area contributed by atoms with Crippen LogP contribution < -0.4 is 0 Å². The lowest BCUT2D eigenvalue weighted by molar-refractivity contribution is 0.114. The van der Waals surface area contributed by atoms with Crippen molar-refractivity contribution in [3.8, 4) is 0 Å². The highest BCUT2D eigenvalue weighted by Gasteiger charge is 2.26. The summed E-state index contributed by atoms with van der Waals surface area (Å²) in [6, 6.07) is 0. The SMILES string of the molecule is CC1(O)CSSC1. The van der Waals surface area contributed by atoms with Gasteiger partial charge in [0.2, 0.25) is 0 Å². The van der Waals surface area contributed by atoms with Gasteiger partial charge in [-0.2, -0.15) is 0 Å². The Labute approximate surface area is 51.3 Å². The molecule has 1 heterocycles. The van der Waals surface area contributed by atoms with Crippen LogP contribution in [0, 0.1) is 0 Å². The third-order valence-corrected chi connectivity index (χ3v) is 3.68. The highest BCUT2D eigenvalue weighted by atomic mass is 33.1. The van der Waals surface area contributed by atoms with E-state index in [1.807, 2.05) is 6.92 Å². The van der Waals surface area contributed by atoms with Crippen molar-refractivity contribution in [1.29, 1.82) is 0 Å². The first-order valence-electron chi connectivity index (χ1n) is 2.17. The van der Waals surface area contributed by atoms with Crippen LogP contribution in [0.2, 0.25) is 0 Å². The maximum absolute atomic E-state index is 9.15. The number of hydrogen-bond donors (Lipinski definition) is 1. The smallest absolute Gasteiger partial charge is 0.0816 e. The average molecular weight is 136 g/mol. The summed E-state index contributed by atoms with van der Waals surface area (Å²) in [6.45, 7) is 1.88. The Kier molecular flexibility index (Phi) is 1.55. The Morgan fingerprint density at radius 2 is 1.86 bits per heavy atom. The summed E-state index contributed by atoms with van der Waals surface area (Å²) < 4.78 is 0. The summed E-state index contributed by atoms with van der Waals surface area (Å²) in [5, 5.41) is 9.15. The molecule has 1 rings (SSSR count). The van der Waals surface area contributed by atoms with Crippen molar-refractivity contribution < 1.29 is 5.11 Å². The van der Waals surface area contributed by atoms with Gasteiger partial charge in [-0.05, 0) is 6.92 Å². The van der Waals surface area contributed by atoms with Gasteiger partial charge in [-0.1, -0.05) is 21.6 Å². The maximum atomic E-state index is 9.15. The number of hydrogen-bond acceptors (Lipinski definition) is 3. The molecule has 0 bridgehead atoms. The first kappa shape index (κ1) is 5.79. The molecule has 0 aromatic rings. The molecular formula is C4H8OS2. The van der Waals surface area contributed by atoms with Crippen LogP contribution in [-0.4, -0.2) is 22.2 Å². The van der Waals surface area contributed by atoms with E-state index in [0.29, 0.717) is 0 Å². The van der Waals surface area contributed by atoms with E-state index in [0.717, 1.165) is 11.5 Å². The first-order valence-corrected chi connectivity index (χ1v) is 4.66. The summed E-state index contributed by atoms with van der Waals surface area (Å²) in [5.41, 5.74) is -0.380. The van der Waals surface area contributed by atoms with E-state index >= 15 is 0 Å². The zero-order valence-corrected chi connectivity index (χ0v) is 5.81. The quantitative estimate of drug-likeness (QED) is 0.504. The lowest BCUT2D eigenvalue weighted by atomic mass is 10.2. The molecule has 0 aliphatic carbocycles. The minimum Gasteiger partial charge on any atom is -0.388 e. The van der Waals surface area contributed by atoms with Crippen LogP contribution in [0.3, 0.4) is 0 Å². The molecule has 1 fully saturated rings. The van der Waals surface area contributed by atoms with Crippen LogP contribution in [-0.2, 0) is 0 Å². The van der Waals surface area contributed by atoms with Crippen molar-refractivity contribution in [3.05, 3.63) is 0 Å². The van der Waals surface area contributed by atoms with Gasteiger partial charge in [0.05, 0.1) is 5.60 Å². The molecule has 0 spiro atoms. The Hall–Kier alpha value is 0.660. The van der Waals surface area contributed by atoms with E-state index in [1.165, 1.54) is 0 Å². The molecule has 3 heteroatoms. The van der Waals surface area contributed by atoms with Gasteiger partial charge in [0, 0.05) is 11.5 Å². The van der Waals surface area contributed by atoms with Gasteiger partial charge in [-0.3, -0.25) is 0 Å². The fourth-order valence-corrected chi connectivity index (χ4v) is 3.41. The third-order valence-electron chi connectivity index (χ3n) is 0.823. The molecule has 0 aromatic heterocycles. The molecule has 0 amide bonds. The first-order chi connectivity index (χ1) is 3.21. The zero-order chi connectivity index (χ0) is 5.33. The minimum atomic E-state index is -0.380. The summed E-state index contributed by atoms with van der Waals surface area (Å²) in [4.78, 5) is 0. The monoisotopic (exact) mass is 136 g/mol. The Morgan fingerprint density at radius 3 is 2.00 bits per heavy atom. The zero-order valence-electron chi connectivity index (χ0n) is 4.18.